The molecule has 0 aromatic carbocycles. The zero-order valence-corrected chi connectivity index (χ0v) is 13.3. The van der Waals surface area contributed by atoms with E-state index in [4.69, 9.17) is 18.9 Å². The molecule has 0 heterocycles. The number of rotatable bonds is 12. The van der Waals surface area contributed by atoms with Gasteiger partial charge in [0.1, 0.15) is 0 Å². The Hall–Kier alpha value is 0.274. The Morgan fingerprint density at radius 3 is 1.35 bits per heavy atom. The van der Waals surface area contributed by atoms with Crippen LogP contribution in [0.2, 0.25) is 24.2 Å². The summed E-state index contributed by atoms with van der Waals surface area (Å²) in [7, 11) is 8.61. The molecular weight excluding hydrogens is 252 g/mol. The Kier molecular flexibility index (Phi) is 12.9. The van der Waals surface area contributed by atoms with Crippen LogP contribution in [0, 0.1) is 0 Å². The first-order chi connectivity index (χ1) is 8.28. The lowest BCUT2D eigenvalue weighted by Crippen LogP contribution is -2.15. The van der Waals surface area contributed by atoms with E-state index < -0.39 is 0 Å². The first kappa shape index (κ1) is 17.3. The molecule has 0 unspecified atom stereocenters. The van der Waals surface area contributed by atoms with Gasteiger partial charge in [0.05, 0.1) is 0 Å². The van der Waals surface area contributed by atoms with Crippen molar-refractivity contribution in [2.45, 2.75) is 43.2 Å². The summed E-state index contributed by atoms with van der Waals surface area (Å²) in [6, 6.07) is 4.55. The first-order valence-corrected chi connectivity index (χ1v) is 8.63. The second kappa shape index (κ2) is 12.7. The largest absolute Gasteiger partial charge is 0.356 e. The summed E-state index contributed by atoms with van der Waals surface area (Å²) < 4.78 is 20.6. The molecule has 0 N–H and O–H groups in total. The molecule has 0 bridgehead atoms. The molecular formula is C11H24O4Si2. The van der Waals surface area contributed by atoms with Gasteiger partial charge in [0.2, 0.25) is 0 Å². The van der Waals surface area contributed by atoms with E-state index in [-0.39, 0.29) is 12.6 Å². The van der Waals surface area contributed by atoms with Gasteiger partial charge in [0.15, 0.2) is 12.6 Å². The van der Waals surface area contributed by atoms with E-state index >= 15 is 0 Å². The zero-order chi connectivity index (χ0) is 12.9. The standard InChI is InChI=1S/C11H24O4Si2/c1-12-10(13-2)8-16-6-5-7-17-9-11(14-3)15-4/h10-11H,5-9H2,1-4H3. The molecule has 0 aromatic heterocycles. The molecule has 17 heavy (non-hydrogen) atoms. The predicted molar refractivity (Wildman–Crippen MR) is 71.0 cm³/mol. The molecule has 6 heteroatoms. The van der Waals surface area contributed by atoms with Gasteiger partial charge in [-0.3, -0.25) is 0 Å². The first-order valence-electron chi connectivity index (χ1n) is 5.81. The fraction of sp³-hybridized carbons (Fsp3) is 1.00. The molecule has 0 fully saturated rings. The van der Waals surface area contributed by atoms with Gasteiger partial charge in [0, 0.05) is 47.5 Å². The molecule has 0 rings (SSSR count). The molecule has 4 nitrogen and oxygen atoms in total. The van der Waals surface area contributed by atoms with Crippen molar-refractivity contribution >= 4 is 19.0 Å². The third-order valence-corrected chi connectivity index (χ3v) is 5.04. The fourth-order valence-corrected chi connectivity index (χ4v) is 4.06. The molecule has 0 aliphatic carbocycles. The summed E-state index contributed by atoms with van der Waals surface area (Å²) in [5.41, 5.74) is 0. The minimum atomic E-state index is -0.0258. The monoisotopic (exact) mass is 276 g/mol. The van der Waals surface area contributed by atoms with Crippen molar-refractivity contribution in [3.05, 3.63) is 0 Å². The van der Waals surface area contributed by atoms with Crippen molar-refractivity contribution < 1.29 is 18.9 Å². The van der Waals surface area contributed by atoms with Crippen LogP contribution in [-0.4, -0.2) is 60.1 Å². The second-order valence-electron chi connectivity index (χ2n) is 3.56. The van der Waals surface area contributed by atoms with Crippen molar-refractivity contribution in [2.24, 2.45) is 0 Å². The molecule has 0 saturated carbocycles. The van der Waals surface area contributed by atoms with E-state index in [1.807, 2.05) is 0 Å². The van der Waals surface area contributed by atoms with Crippen LogP contribution < -0.4 is 0 Å². The van der Waals surface area contributed by atoms with Gasteiger partial charge in [-0.25, -0.2) is 0 Å². The van der Waals surface area contributed by atoms with E-state index in [0.29, 0.717) is 0 Å². The van der Waals surface area contributed by atoms with Crippen LogP contribution in [0.25, 0.3) is 0 Å². The van der Waals surface area contributed by atoms with Crippen molar-refractivity contribution in [3.63, 3.8) is 0 Å². The SMILES string of the molecule is COC(C[Si]CCC[Si]CC(OC)OC)OC. The lowest BCUT2D eigenvalue weighted by atomic mass is 10.6. The van der Waals surface area contributed by atoms with Gasteiger partial charge in [-0.15, -0.1) is 0 Å². The molecule has 0 saturated heterocycles. The number of methoxy groups -OCH3 is 4. The Labute approximate surface area is 110 Å². The molecule has 0 spiro atoms. The molecule has 0 aromatic rings. The average molecular weight is 276 g/mol. The van der Waals surface area contributed by atoms with E-state index in [0.717, 1.165) is 31.1 Å². The average Bonchev–Trinajstić information content (AvgIpc) is 2.37. The summed E-state index contributed by atoms with van der Waals surface area (Å²) in [6.07, 6.45) is 1.22. The Balaban J connectivity index is 3.23. The van der Waals surface area contributed by atoms with Crippen LogP contribution in [0.15, 0.2) is 0 Å². The molecule has 0 aliphatic rings. The summed E-state index contributed by atoms with van der Waals surface area (Å²) in [5, 5.41) is 0. The Bertz CT molecular complexity index is 136. The fourth-order valence-electron chi connectivity index (χ4n) is 1.30. The second-order valence-corrected chi connectivity index (χ2v) is 6.38. The lowest BCUT2D eigenvalue weighted by Gasteiger charge is -2.13. The van der Waals surface area contributed by atoms with E-state index in [9.17, 15) is 0 Å². The third-order valence-electron chi connectivity index (χ3n) is 2.38. The van der Waals surface area contributed by atoms with E-state index in [1.165, 1.54) is 18.5 Å². The molecule has 0 aliphatic heterocycles. The molecule has 0 atom stereocenters. The van der Waals surface area contributed by atoms with Crippen LogP contribution in [0.1, 0.15) is 6.42 Å². The quantitative estimate of drug-likeness (QED) is 0.309. The number of hydrogen-bond acceptors (Lipinski definition) is 4. The highest BCUT2D eigenvalue weighted by molar-refractivity contribution is 6.37. The third kappa shape index (κ3) is 9.93. The highest BCUT2D eigenvalue weighted by Crippen LogP contribution is 2.06. The van der Waals surface area contributed by atoms with Gasteiger partial charge in [0.25, 0.3) is 0 Å². The Morgan fingerprint density at radius 2 is 1.06 bits per heavy atom. The summed E-state index contributed by atoms with van der Waals surface area (Å²) in [4.78, 5) is 0. The Morgan fingerprint density at radius 1 is 0.706 bits per heavy atom. The van der Waals surface area contributed by atoms with Crippen molar-refractivity contribution in [3.8, 4) is 0 Å². The van der Waals surface area contributed by atoms with Crippen LogP contribution in [0.3, 0.4) is 0 Å². The van der Waals surface area contributed by atoms with Crippen molar-refractivity contribution in [1.29, 1.82) is 0 Å². The molecule has 4 radical (unpaired) electrons. The van der Waals surface area contributed by atoms with Crippen molar-refractivity contribution in [1.82, 2.24) is 0 Å². The smallest absolute Gasteiger partial charge is 0.154 e. The maximum Gasteiger partial charge on any atom is 0.154 e. The topological polar surface area (TPSA) is 36.9 Å². The van der Waals surface area contributed by atoms with Gasteiger partial charge in [-0.2, -0.15) is 0 Å². The normalized spacial score (nSPS) is 11.6. The van der Waals surface area contributed by atoms with Crippen LogP contribution >= 0.6 is 0 Å². The predicted octanol–water partition coefficient (Wildman–Crippen LogP) is 1.70. The van der Waals surface area contributed by atoms with Crippen LogP contribution in [-0.2, 0) is 18.9 Å². The van der Waals surface area contributed by atoms with Gasteiger partial charge >= 0.3 is 0 Å². The number of ether oxygens (including phenoxy) is 4. The number of hydrogen-bond donors (Lipinski definition) is 0. The summed E-state index contributed by atoms with van der Waals surface area (Å²) in [6.45, 7) is 0. The summed E-state index contributed by atoms with van der Waals surface area (Å²) in [5.74, 6) is 0. The van der Waals surface area contributed by atoms with Crippen LogP contribution in [0.5, 0.6) is 0 Å². The zero-order valence-electron chi connectivity index (χ0n) is 11.3. The van der Waals surface area contributed by atoms with E-state index in [1.54, 1.807) is 28.4 Å². The maximum atomic E-state index is 5.14. The molecule has 0 amide bonds. The van der Waals surface area contributed by atoms with Gasteiger partial charge in [-0.1, -0.05) is 18.5 Å². The summed E-state index contributed by atoms with van der Waals surface area (Å²) >= 11 is 0. The van der Waals surface area contributed by atoms with Crippen LogP contribution in [0.4, 0.5) is 0 Å². The highest BCUT2D eigenvalue weighted by atomic mass is 28.2. The minimum Gasteiger partial charge on any atom is -0.356 e. The molecule has 100 valence electrons. The van der Waals surface area contributed by atoms with Crippen molar-refractivity contribution in [2.75, 3.05) is 28.4 Å². The highest BCUT2D eigenvalue weighted by Gasteiger charge is 2.06. The van der Waals surface area contributed by atoms with E-state index in [2.05, 4.69) is 0 Å². The van der Waals surface area contributed by atoms with Gasteiger partial charge in [-0.05, 0) is 12.1 Å². The van der Waals surface area contributed by atoms with Gasteiger partial charge < -0.3 is 18.9 Å². The lowest BCUT2D eigenvalue weighted by molar-refractivity contribution is -0.0877. The minimum absolute atomic E-state index is 0.0258. The maximum absolute atomic E-state index is 5.14.